The zero-order valence-electron chi connectivity index (χ0n) is 10.5. The zero-order valence-corrected chi connectivity index (χ0v) is 10.5. The number of aromatic carboxylic acids is 1. The number of rotatable bonds is 4. The molecule has 0 aliphatic heterocycles. The molecule has 0 saturated heterocycles. The molecule has 0 atom stereocenters. The molecule has 2 rings (SSSR count). The summed E-state index contributed by atoms with van der Waals surface area (Å²) in [5.74, 6) is -0.152. The van der Waals surface area contributed by atoms with Crippen molar-refractivity contribution in [1.29, 1.82) is 0 Å². The molecule has 0 fully saturated rings. The van der Waals surface area contributed by atoms with E-state index in [1.54, 1.807) is 20.1 Å². The topological polar surface area (TPSA) is 84.3 Å². The summed E-state index contributed by atoms with van der Waals surface area (Å²) < 4.78 is 5.10. The number of carboxylic acids is 1. The molecule has 0 saturated carbocycles. The van der Waals surface area contributed by atoms with E-state index in [-0.39, 0.29) is 11.6 Å². The van der Waals surface area contributed by atoms with E-state index in [9.17, 15) is 4.79 Å². The second kappa shape index (κ2) is 5.34. The normalized spacial score (nSPS) is 10.0. The number of nitrogens with zero attached hydrogens (tertiary/aromatic N) is 2. The molecule has 0 aliphatic carbocycles. The lowest BCUT2D eigenvalue weighted by Gasteiger charge is -2.07. The van der Waals surface area contributed by atoms with Crippen LogP contribution in [0.25, 0.3) is 0 Å². The minimum atomic E-state index is -1.08. The first-order valence-corrected chi connectivity index (χ1v) is 5.58. The Bertz CT molecular complexity index is 614. The van der Waals surface area contributed by atoms with Crippen LogP contribution in [0.3, 0.4) is 0 Å². The Hall–Kier alpha value is -2.63. The number of anilines is 2. The highest BCUT2D eigenvalue weighted by Crippen LogP contribution is 2.19. The molecule has 19 heavy (non-hydrogen) atoms. The van der Waals surface area contributed by atoms with Crippen LogP contribution in [0, 0.1) is 6.92 Å². The van der Waals surface area contributed by atoms with Gasteiger partial charge >= 0.3 is 5.97 Å². The maximum atomic E-state index is 10.9. The van der Waals surface area contributed by atoms with Gasteiger partial charge in [0, 0.05) is 17.4 Å². The molecule has 1 aromatic heterocycles. The molecule has 6 heteroatoms. The van der Waals surface area contributed by atoms with Gasteiger partial charge in [-0.2, -0.15) is 0 Å². The van der Waals surface area contributed by atoms with Crippen LogP contribution in [0.15, 0.2) is 30.3 Å². The lowest BCUT2D eigenvalue weighted by atomic mass is 10.3. The van der Waals surface area contributed by atoms with Gasteiger partial charge in [-0.1, -0.05) is 6.07 Å². The lowest BCUT2D eigenvalue weighted by molar-refractivity contribution is 0.0690. The quantitative estimate of drug-likeness (QED) is 0.875. The second-order valence-electron chi connectivity index (χ2n) is 3.88. The van der Waals surface area contributed by atoms with E-state index in [0.29, 0.717) is 11.4 Å². The van der Waals surface area contributed by atoms with Gasteiger partial charge in [-0.15, -0.1) is 0 Å². The molecule has 0 spiro atoms. The molecular weight excluding hydrogens is 246 g/mol. The summed E-state index contributed by atoms with van der Waals surface area (Å²) in [6.07, 6.45) is 0. The zero-order chi connectivity index (χ0) is 13.8. The molecule has 0 amide bonds. The number of carboxylic acid groups (broad SMARTS) is 1. The van der Waals surface area contributed by atoms with E-state index in [2.05, 4.69) is 15.3 Å². The van der Waals surface area contributed by atoms with Crippen molar-refractivity contribution in [2.75, 3.05) is 12.4 Å². The SMILES string of the molecule is COc1cccc(Nc2nc(C)cc(C(=O)O)n2)c1. The molecule has 98 valence electrons. The number of nitrogens with one attached hydrogen (secondary N) is 1. The van der Waals surface area contributed by atoms with E-state index in [4.69, 9.17) is 9.84 Å². The van der Waals surface area contributed by atoms with Crippen molar-refractivity contribution in [3.05, 3.63) is 41.7 Å². The molecule has 1 heterocycles. The Kier molecular flexibility index (Phi) is 3.61. The summed E-state index contributed by atoms with van der Waals surface area (Å²) in [6.45, 7) is 1.71. The number of aryl methyl sites for hydroxylation is 1. The maximum Gasteiger partial charge on any atom is 0.354 e. The number of methoxy groups -OCH3 is 1. The van der Waals surface area contributed by atoms with E-state index in [1.807, 2.05) is 18.2 Å². The Morgan fingerprint density at radius 3 is 2.79 bits per heavy atom. The summed E-state index contributed by atoms with van der Waals surface area (Å²) in [5.41, 5.74) is 1.26. The van der Waals surface area contributed by atoms with Crippen LogP contribution in [-0.4, -0.2) is 28.2 Å². The van der Waals surface area contributed by atoms with Crippen molar-refractivity contribution in [1.82, 2.24) is 9.97 Å². The minimum Gasteiger partial charge on any atom is -0.497 e. The third kappa shape index (κ3) is 3.19. The van der Waals surface area contributed by atoms with Crippen molar-refractivity contribution >= 4 is 17.6 Å². The van der Waals surface area contributed by atoms with Gasteiger partial charge in [0.05, 0.1) is 7.11 Å². The molecule has 2 N–H and O–H groups in total. The van der Waals surface area contributed by atoms with Gasteiger partial charge < -0.3 is 15.2 Å². The summed E-state index contributed by atoms with van der Waals surface area (Å²) in [4.78, 5) is 19.0. The molecule has 0 bridgehead atoms. The molecule has 6 nitrogen and oxygen atoms in total. The average molecular weight is 259 g/mol. The van der Waals surface area contributed by atoms with Gasteiger partial charge in [0.1, 0.15) is 5.75 Å². The minimum absolute atomic E-state index is 0.0436. The van der Waals surface area contributed by atoms with Crippen LogP contribution in [-0.2, 0) is 0 Å². The van der Waals surface area contributed by atoms with Gasteiger partial charge in [-0.05, 0) is 25.1 Å². The third-order valence-electron chi connectivity index (χ3n) is 2.40. The van der Waals surface area contributed by atoms with Gasteiger partial charge in [0.25, 0.3) is 0 Å². The van der Waals surface area contributed by atoms with Crippen molar-refractivity contribution in [3.63, 3.8) is 0 Å². The van der Waals surface area contributed by atoms with E-state index >= 15 is 0 Å². The Morgan fingerprint density at radius 2 is 2.11 bits per heavy atom. The van der Waals surface area contributed by atoms with Crippen LogP contribution >= 0.6 is 0 Å². The van der Waals surface area contributed by atoms with Crippen LogP contribution in [0.5, 0.6) is 5.75 Å². The Balaban J connectivity index is 2.29. The van der Waals surface area contributed by atoms with Crippen LogP contribution < -0.4 is 10.1 Å². The largest absolute Gasteiger partial charge is 0.497 e. The Labute approximate surface area is 110 Å². The van der Waals surface area contributed by atoms with Gasteiger partial charge in [0.15, 0.2) is 5.69 Å². The number of ether oxygens (including phenoxy) is 1. The van der Waals surface area contributed by atoms with Crippen molar-refractivity contribution in [3.8, 4) is 5.75 Å². The van der Waals surface area contributed by atoms with Crippen LogP contribution in [0.1, 0.15) is 16.2 Å². The van der Waals surface area contributed by atoms with E-state index in [0.717, 1.165) is 5.69 Å². The van der Waals surface area contributed by atoms with E-state index < -0.39 is 5.97 Å². The van der Waals surface area contributed by atoms with Crippen molar-refractivity contribution in [2.24, 2.45) is 0 Å². The number of hydrogen-bond acceptors (Lipinski definition) is 5. The van der Waals surface area contributed by atoms with Crippen LogP contribution in [0.4, 0.5) is 11.6 Å². The molecule has 1 aromatic carbocycles. The fourth-order valence-electron chi connectivity index (χ4n) is 1.56. The first kappa shape index (κ1) is 12.8. The predicted octanol–water partition coefficient (Wildman–Crippen LogP) is 2.24. The lowest BCUT2D eigenvalue weighted by Crippen LogP contribution is -2.06. The second-order valence-corrected chi connectivity index (χ2v) is 3.88. The molecule has 0 unspecified atom stereocenters. The maximum absolute atomic E-state index is 10.9. The summed E-state index contributed by atoms with van der Waals surface area (Å²) in [7, 11) is 1.57. The van der Waals surface area contributed by atoms with Gasteiger partial charge in [0.2, 0.25) is 5.95 Å². The number of aromatic nitrogens is 2. The highest BCUT2D eigenvalue weighted by molar-refractivity contribution is 5.85. The Morgan fingerprint density at radius 1 is 1.32 bits per heavy atom. The fourth-order valence-corrected chi connectivity index (χ4v) is 1.56. The average Bonchev–Trinajstić information content (AvgIpc) is 2.38. The van der Waals surface area contributed by atoms with Crippen molar-refractivity contribution < 1.29 is 14.6 Å². The smallest absolute Gasteiger partial charge is 0.354 e. The van der Waals surface area contributed by atoms with E-state index in [1.165, 1.54) is 6.07 Å². The first-order chi connectivity index (χ1) is 9.08. The number of carbonyl (C=O) groups is 1. The predicted molar refractivity (Wildman–Crippen MR) is 70.0 cm³/mol. The monoisotopic (exact) mass is 259 g/mol. The van der Waals surface area contributed by atoms with Gasteiger partial charge in [-0.25, -0.2) is 14.8 Å². The molecule has 0 aliphatic rings. The number of benzene rings is 1. The molecule has 2 aromatic rings. The number of hydrogen-bond donors (Lipinski definition) is 2. The highest BCUT2D eigenvalue weighted by Gasteiger charge is 2.08. The first-order valence-electron chi connectivity index (χ1n) is 5.58. The molecule has 0 radical (unpaired) electrons. The fraction of sp³-hybridized carbons (Fsp3) is 0.154. The standard InChI is InChI=1S/C13H13N3O3/c1-8-6-11(12(17)18)16-13(14-8)15-9-4-3-5-10(7-9)19-2/h3-7H,1-2H3,(H,17,18)(H,14,15,16). The summed E-state index contributed by atoms with van der Waals surface area (Å²) in [5, 5.41) is 11.9. The summed E-state index contributed by atoms with van der Waals surface area (Å²) in [6, 6.07) is 8.62. The molecular formula is C13H13N3O3. The highest BCUT2D eigenvalue weighted by atomic mass is 16.5. The summed E-state index contributed by atoms with van der Waals surface area (Å²) >= 11 is 0. The van der Waals surface area contributed by atoms with Crippen molar-refractivity contribution in [2.45, 2.75) is 6.92 Å². The van der Waals surface area contributed by atoms with Crippen LogP contribution in [0.2, 0.25) is 0 Å². The van der Waals surface area contributed by atoms with Gasteiger partial charge in [-0.3, -0.25) is 0 Å². The third-order valence-corrected chi connectivity index (χ3v) is 2.40.